The molecule has 72 valence electrons. The molecule has 0 saturated carbocycles. The Kier molecular flexibility index (Phi) is 3.76. The molecule has 0 amide bonds. The molecule has 13 heavy (non-hydrogen) atoms. The predicted molar refractivity (Wildman–Crippen MR) is 56.5 cm³/mol. The zero-order valence-electron chi connectivity index (χ0n) is 7.83. The van der Waals surface area contributed by atoms with Gasteiger partial charge in [-0.05, 0) is 38.2 Å². The van der Waals surface area contributed by atoms with Gasteiger partial charge in [0.2, 0.25) is 0 Å². The maximum absolute atomic E-state index is 5.22. The molecule has 3 nitrogen and oxygen atoms in total. The van der Waals surface area contributed by atoms with Crippen molar-refractivity contribution >= 4 is 17.3 Å². The monoisotopic (exact) mass is 198 g/mol. The highest BCUT2D eigenvalue weighted by Gasteiger charge is 2.07. The summed E-state index contributed by atoms with van der Waals surface area (Å²) in [5.74, 6) is 0.889. The highest BCUT2D eigenvalue weighted by molar-refractivity contribution is 7.80. The molecule has 1 unspecified atom stereocenters. The van der Waals surface area contributed by atoms with Gasteiger partial charge in [-0.2, -0.15) is 0 Å². The van der Waals surface area contributed by atoms with Crippen LogP contribution in [-0.4, -0.2) is 11.7 Å². The smallest absolute Gasteiger partial charge is 0.166 e. The molecule has 0 aliphatic carbocycles. The fraction of sp³-hybridized carbons (Fsp3) is 0.444. The van der Waals surface area contributed by atoms with Gasteiger partial charge in [0.15, 0.2) is 5.11 Å². The summed E-state index contributed by atoms with van der Waals surface area (Å²) in [6, 6.07) is 3.90. The maximum atomic E-state index is 5.22. The van der Waals surface area contributed by atoms with Gasteiger partial charge >= 0.3 is 0 Å². The summed E-state index contributed by atoms with van der Waals surface area (Å²) in [4.78, 5) is 0. The normalized spacial score (nSPS) is 12.2. The highest BCUT2D eigenvalue weighted by atomic mass is 32.1. The van der Waals surface area contributed by atoms with Gasteiger partial charge in [-0.25, -0.2) is 0 Å². The fourth-order valence-corrected chi connectivity index (χ4v) is 1.34. The molecular formula is C9H14N2OS. The van der Waals surface area contributed by atoms with E-state index in [1.54, 1.807) is 6.26 Å². The second-order valence-corrected chi connectivity index (χ2v) is 3.15. The first kappa shape index (κ1) is 10.1. The standard InChI is InChI=1S/C9H14N2OS/c1-3-10-9(13)11-7(2)8-5-4-6-12-8/h4-7H,3H2,1-2H3,(H2,10,11,13). The van der Waals surface area contributed by atoms with Crippen molar-refractivity contribution in [1.29, 1.82) is 0 Å². The minimum absolute atomic E-state index is 0.113. The van der Waals surface area contributed by atoms with Crippen LogP contribution in [0.4, 0.5) is 0 Å². The van der Waals surface area contributed by atoms with E-state index in [-0.39, 0.29) is 6.04 Å². The molecule has 0 aliphatic heterocycles. The molecule has 0 radical (unpaired) electrons. The third kappa shape index (κ3) is 3.06. The van der Waals surface area contributed by atoms with Gasteiger partial charge in [0, 0.05) is 6.54 Å². The molecule has 0 fully saturated rings. The van der Waals surface area contributed by atoms with Crippen LogP contribution in [0.3, 0.4) is 0 Å². The van der Waals surface area contributed by atoms with Gasteiger partial charge in [-0.1, -0.05) is 0 Å². The van der Waals surface area contributed by atoms with E-state index in [0.29, 0.717) is 5.11 Å². The number of hydrogen-bond acceptors (Lipinski definition) is 2. The Balaban J connectivity index is 2.42. The first-order valence-corrected chi connectivity index (χ1v) is 4.72. The van der Waals surface area contributed by atoms with E-state index in [1.807, 2.05) is 26.0 Å². The molecule has 1 heterocycles. The van der Waals surface area contributed by atoms with E-state index in [9.17, 15) is 0 Å². The number of furan rings is 1. The SMILES string of the molecule is CCNC(=S)NC(C)c1ccco1. The van der Waals surface area contributed by atoms with Gasteiger partial charge in [-0.3, -0.25) is 0 Å². The van der Waals surface area contributed by atoms with Gasteiger partial charge in [0.1, 0.15) is 5.76 Å². The third-order valence-corrected chi connectivity index (χ3v) is 1.92. The third-order valence-electron chi connectivity index (χ3n) is 1.65. The summed E-state index contributed by atoms with van der Waals surface area (Å²) in [5, 5.41) is 6.79. The van der Waals surface area contributed by atoms with Crippen molar-refractivity contribution in [3.8, 4) is 0 Å². The second-order valence-electron chi connectivity index (χ2n) is 2.74. The quantitative estimate of drug-likeness (QED) is 0.727. The van der Waals surface area contributed by atoms with Crippen molar-refractivity contribution in [2.75, 3.05) is 6.54 Å². The van der Waals surface area contributed by atoms with Crippen LogP contribution in [0.1, 0.15) is 25.6 Å². The van der Waals surface area contributed by atoms with Crippen molar-refractivity contribution in [3.05, 3.63) is 24.2 Å². The van der Waals surface area contributed by atoms with Gasteiger partial charge < -0.3 is 15.1 Å². The Morgan fingerprint density at radius 2 is 2.46 bits per heavy atom. The van der Waals surface area contributed by atoms with Crippen LogP contribution in [0.25, 0.3) is 0 Å². The summed E-state index contributed by atoms with van der Waals surface area (Å²) in [7, 11) is 0. The van der Waals surface area contributed by atoms with Crippen molar-refractivity contribution < 1.29 is 4.42 Å². The van der Waals surface area contributed by atoms with Crippen LogP contribution in [0, 0.1) is 0 Å². The Labute approximate surface area is 83.5 Å². The molecule has 0 spiro atoms. The largest absolute Gasteiger partial charge is 0.467 e. The molecule has 1 atom stereocenters. The Morgan fingerprint density at radius 3 is 3.00 bits per heavy atom. The molecule has 2 N–H and O–H groups in total. The summed E-state index contributed by atoms with van der Waals surface area (Å²) >= 11 is 5.04. The molecule has 0 aliphatic rings. The Hall–Kier alpha value is -1.03. The van der Waals surface area contributed by atoms with E-state index in [1.165, 1.54) is 0 Å². The number of thiocarbonyl (C=S) groups is 1. The van der Waals surface area contributed by atoms with Gasteiger partial charge in [-0.15, -0.1) is 0 Å². The molecule has 1 rings (SSSR count). The van der Waals surface area contributed by atoms with Crippen LogP contribution < -0.4 is 10.6 Å². The van der Waals surface area contributed by atoms with E-state index in [2.05, 4.69) is 10.6 Å². The lowest BCUT2D eigenvalue weighted by Gasteiger charge is -2.13. The fourth-order valence-electron chi connectivity index (χ4n) is 1.02. The number of hydrogen-bond donors (Lipinski definition) is 2. The lowest BCUT2D eigenvalue weighted by molar-refractivity contribution is 0.462. The zero-order valence-corrected chi connectivity index (χ0v) is 8.65. The first-order chi connectivity index (χ1) is 6.24. The maximum Gasteiger partial charge on any atom is 0.166 e. The average molecular weight is 198 g/mol. The molecule has 1 aromatic heterocycles. The number of nitrogens with one attached hydrogen (secondary N) is 2. The van der Waals surface area contributed by atoms with Crippen molar-refractivity contribution in [2.45, 2.75) is 19.9 Å². The Morgan fingerprint density at radius 1 is 1.69 bits per heavy atom. The van der Waals surface area contributed by atoms with Crippen molar-refractivity contribution in [2.24, 2.45) is 0 Å². The van der Waals surface area contributed by atoms with Gasteiger partial charge in [0.05, 0.1) is 12.3 Å². The topological polar surface area (TPSA) is 37.2 Å². The summed E-state index contributed by atoms with van der Waals surface area (Å²) < 4.78 is 5.22. The molecule has 1 aromatic rings. The minimum Gasteiger partial charge on any atom is -0.467 e. The van der Waals surface area contributed by atoms with E-state index >= 15 is 0 Å². The van der Waals surface area contributed by atoms with Crippen molar-refractivity contribution in [1.82, 2.24) is 10.6 Å². The summed E-state index contributed by atoms with van der Waals surface area (Å²) in [5.41, 5.74) is 0. The predicted octanol–water partition coefficient (Wildman–Crippen LogP) is 1.82. The number of rotatable bonds is 3. The van der Waals surface area contributed by atoms with Crippen LogP contribution in [-0.2, 0) is 0 Å². The zero-order chi connectivity index (χ0) is 9.68. The van der Waals surface area contributed by atoms with Crippen LogP contribution in [0.2, 0.25) is 0 Å². The second kappa shape index (κ2) is 4.87. The highest BCUT2D eigenvalue weighted by Crippen LogP contribution is 2.11. The minimum atomic E-state index is 0.113. The Bertz CT molecular complexity index is 259. The van der Waals surface area contributed by atoms with Gasteiger partial charge in [0.25, 0.3) is 0 Å². The lowest BCUT2D eigenvalue weighted by atomic mass is 10.2. The average Bonchev–Trinajstić information content (AvgIpc) is 2.55. The first-order valence-electron chi connectivity index (χ1n) is 4.31. The van der Waals surface area contributed by atoms with E-state index in [4.69, 9.17) is 16.6 Å². The lowest BCUT2D eigenvalue weighted by Crippen LogP contribution is -2.36. The molecular weight excluding hydrogens is 184 g/mol. The molecule has 4 heteroatoms. The molecule has 0 bridgehead atoms. The van der Waals surface area contributed by atoms with E-state index in [0.717, 1.165) is 12.3 Å². The summed E-state index contributed by atoms with van der Waals surface area (Å²) in [6.07, 6.45) is 1.66. The molecule has 0 aromatic carbocycles. The van der Waals surface area contributed by atoms with Crippen LogP contribution in [0.5, 0.6) is 0 Å². The van der Waals surface area contributed by atoms with Crippen molar-refractivity contribution in [3.63, 3.8) is 0 Å². The van der Waals surface area contributed by atoms with Crippen LogP contribution in [0.15, 0.2) is 22.8 Å². The van der Waals surface area contributed by atoms with Crippen LogP contribution >= 0.6 is 12.2 Å². The van der Waals surface area contributed by atoms with E-state index < -0.39 is 0 Å². The summed E-state index contributed by atoms with van der Waals surface area (Å²) in [6.45, 7) is 4.84. The molecule has 0 saturated heterocycles.